The molecular weight excluding hydrogens is 580 g/mol. The predicted octanol–water partition coefficient (Wildman–Crippen LogP) is 4.72. The lowest BCUT2D eigenvalue weighted by molar-refractivity contribution is -0.150. The number of hydrogen-bond acceptors (Lipinski definition) is 10. The van der Waals surface area contributed by atoms with Crippen molar-refractivity contribution in [3.63, 3.8) is 0 Å². The number of carbonyl (C=O) groups is 3. The minimum atomic E-state index is -1.49. The summed E-state index contributed by atoms with van der Waals surface area (Å²) in [5.41, 5.74) is 2.47. The molecule has 44 heavy (non-hydrogen) atoms. The summed E-state index contributed by atoms with van der Waals surface area (Å²) in [5.74, 6) is -1.38. The van der Waals surface area contributed by atoms with Gasteiger partial charge in [0.2, 0.25) is 0 Å². The molecule has 0 aliphatic carbocycles. The smallest absolute Gasteiger partial charge is 0.324 e. The van der Waals surface area contributed by atoms with E-state index in [0.717, 1.165) is 16.7 Å². The molecule has 3 aromatic carbocycles. The van der Waals surface area contributed by atoms with Crippen LogP contribution in [-0.2, 0) is 48.4 Å². The van der Waals surface area contributed by atoms with Gasteiger partial charge in [0.15, 0.2) is 6.35 Å². The highest BCUT2D eigenvalue weighted by molar-refractivity contribution is 8.00. The van der Waals surface area contributed by atoms with E-state index in [9.17, 15) is 19.5 Å². The van der Waals surface area contributed by atoms with Crippen LogP contribution in [0.2, 0.25) is 0 Å². The van der Waals surface area contributed by atoms with Gasteiger partial charge in [-0.05, 0) is 23.1 Å². The maximum Gasteiger partial charge on any atom is 0.324 e. The van der Waals surface area contributed by atoms with E-state index in [2.05, 4.69) is 10.6 Å². The van der Waals surface area contributed by atoms with Crippen LogP contribution in [0.5, 0.6) is 0 Å². The molecule has 9 nitrogen and oxygen atoms in total. The van der Waals surface area contributed by atoms with E-state index >= 15 is 0 Å². The second kappa shape index (κ2) is 18.2. The second-order valence-electron chi connectivity index (χ2n) is 11.1. The van der Waals surface area contributed by atoms with Crippen molar-refractivity contribution in [1.29, 1.82) is 0 Å². The Morgan fingerprint density at radius 1 is 0.682 bits per heavy atom. The molecule has 0 heterocycles. The van der Waals surface area contributed by atoms with E-state index in [4.69, 9.17) is 14.2 Å². The Morgan fingerprint density at radius 3 is 1.55 bits per heavy atom. The molecule has 0 unspecified atom stereocenters. The van der Waals surface area contributed by atoms with Gasteiger partial charge in [-0.3, -0.25) is 25.0 Å². The molecule has 3 N–H and O–H groups in total. The quantitative estimate of drug-likeness (QED) is 0.111. The topological polar surface area (TPSA) is 123 Å². The molecule has 3 atom stereocenters. The number of esters is 3. The highest BCUT2D eigenvalue weighted by Crippen LogP contribution is 2.24. The number of nitrogens with one attached hydrogen (secondary N) is 2. The van der Waals surface area contributed by atoms with E-state index in [1.807, 2.05) is 112 Å². The molecule has 0 aromatic heterocycles. The minimum Gasteiger partial charge on any atom is -0.461 e. The first-order valence-electron chi connectivity index (χ1n) is 14.5. The summed E-state index contributed by atoms with van der Waals surface area (Å²) < 4.78 is 16.2. The maximum absolute atomic E-state index is 13.1. The van der Waals surface area contributed by atoms with E-state index in [-0.39, 0.29) is 37.4 Å². The number of carbonyl (C=O) groups excluding carboxylic acids is 3. The minimum absolute atomic E-state index is 0.000151. The molecular formula is C34H42N2O7S. The predicted molar refractivity (Wildman–Crippen MR) is 170 cm³/mol. The third-order valence-electron chi connectivity index (χ3n) is 6.30. The van der Waals surface area contributed by atoms with Crippen molar-refractivity contribution in [3.05, 3.63) is 108 Å². The highest BCUT2D eigenvalue weighted by Gasteiger charge is 2.29. The molecule has 0 fully saturated rings. The Morgan fingerprint density at radius 2 is 1.09 bits per heavy atom. The molecule has 3 aromatic rings. The van der Waals surface area contributed by atoms with Crippen molar-refractivity contribution in [3.8, 4) is 0 Å². The molecule has 0 radical (unpaired) electrons. The van der Waals surface area contributed by atoms with Gasteiger partial charge < -0.3 is 19.3 Å². The standard InChI is InChI=1S/C34H42N2O7S/c1-34(2,3)44-24-29(32(39)43-23-27-17-11-6-12-18-27)36-33(40)35-28(31(38)42-22-26-15-9-5-10-16-26)19-20-30(37)41-21-25-13-7-4-8-14-25/h4-18,28-29,33,35-36,40H,19-24H2,1-3H3/t28-,29-,33+/m0/s1. The van der Waals surface area contributed by atoms with Gasteiger partial charge in [0, 0.05) is 16.9 Å². The van der Waals surface area contributed by atoms with Gasteiger partial charge in [0.1, 0.15) is 31.9 Å². The van der Waals surface area contributed by atoms with Gasteiger partial charge in [-0.1, -0.05) is 112 Å². The Labute approximate surface area is 263 Å². The summed E-state index contributed by atoms with van der Waals surface area (Å²) in [7, 11) is 0. The zero-order chi connectivity index (χ0) is 31.8. The Bertz CT molecular complexity index is 1290. The summed E-state index contributed by atoms with van der Waals surface area (Å²) in [6.45, 7) is 6.28. The average Bonchev–Trinajstić information content (AvgIpc) is 3.02. The maximum atomic E-state index is 13.1. The van der Waals surface area contributed by atoms with Gasteiger partial charge in [-0.15, -0.1) is 0 Å². The van der Waals surface area contributed by atoms with Gasteiger partial charge in [0.25, 0.3) is 0 Å². The molecule has 0 spiro atoms. The number of aliphatic hydroxyl groups is 1. The normalized spacial score (nSPS) is 13.4. The van der Waals surface area contributed by atoms with Crippen LogP contribution in [-0.4, -0.2) is 51.9 Å². The summed E-state index contributed by atoms with van der Waals surface area (Å²) in [4.78, 5) is 38.7. The van der Waals surface area contributed by atoms with Crippen LogP contribution in [0.15, 0.2) is 91.0 Å². The van der Waals surface area contributed by atoms with Crippen LogP contribution >= 0.6 is 11.8 Å². The van der Waals surface area contributed by atoms with Crippen LogP contribution in [0, 0.1) is 0 Å². The monoisotopic (exact) mass is 622 g/mol. The van der Waals surface area contributed by atoms with Crippen molar-refractivity contribution in [2.24, 2.45) is 0 Å². The first-order chi connectivity index (χ1) is 21.1. The summed E-state index contributed by atoms with van der Waals surface area (Å²) in [5, 5.41) is 16.6. The van der Waals surface area contributed by atoms with Crippen molar-refractivity contribution in [2.75, 3.05) is 5.75 Å². The zero-order valence-electron chi connectivity index (χ0n) is 25.4. The van der Waals surface area contributed by atoms with Gasteiger partial charge in [0.05, 0.1) is 0 Å². The van der Waals surface area contributed by atoms with Crippen molar-refractivity contribution < 1.29 is 33.7 Å². The summed E-state index contributed by atoms with van der Waals surface area (Å²) in [6, 6.07) is 25.8. The lowest BCUT2D eigenvalue weighted by Gasteiger charge is -2.27. The lowest BCUT2D eigenvalue weighted by atomic mass is 10.1. The number of hydrogen-bond donors (Lipinski definition) is 3. The Hall–Kier alpha value is -3.70. The van der Waals surface area contributed by atoms with Crippen LogP contribution < -0.4 is 10.6 Å². The van der Waals surface area contributed by atoms with Crippen molar-refractivity contribution in [2.45, 2.75) is 76.6 Å². The third-order valence-corrected chi connectivity index (χ3v) is 7.66. The van der Waals surface area contributed by atoms with Crippen LogP contribution in [0.3, 0.4) is 0 Å². The molecule has 3 rings (SSSR count). The first kappa shape index (κ1) is 34.8. The van der Waals surface area contributed by atoms with Gasteiger partial charge in [-0.25, -0.2) is 0 Å². The molecule has 0 saturated carbocycles. The molecule has 236 valence electrons. The summed E-state index contributed by atoms with van der Waals surface area (Å²) in [6.07, 6.45) is -1.58. The second-order valence-corrected chi connectivity index (χ2v) is 13.0. The van der Waals surface area contributed by atoms with Crippen LogP contribution in [0.1, 0.15) is 50.3 Å². The number of benzene rings is 3. The van der Waals surface area contributed by atoms with E-state index in [1.165, 1.54) is 11.8 Å². The van der Waals surface area contributed by atoms with E-state index in [0.29, 0.717) is 5.75 Å². The molecule has 0 amide bonds. The lowest BCUT2D eigenvalue weighted by Crippen LogP contribution is -2.56. The van der Waals surface area contributed by atoms with Crippen molar-refractivity contribution >= 4 is 29.7 Å². The molecule has 10 heteroatoms. The highest BCUT2D eigenvalue weighted by atomic mass is 32.2. The fraction of sp³-hybridized carbons (Fsp3) is 0.382. The zero-order valence-corrected chi connectivity index (χ0v) is 26.3. The number of rotatable bonds is 17. The number of ether oxygens (including phenoxy) is 3. The first-order valence-corrected chi connectivity index (χ1v) is 15.5. The summed E-state index contributed by atoms with van der Waals surface area (Å²) >= 11 is 1.53. The SMILES string of the molecule is CC(C)(C)SC[C@H](N[C@H](O)N[C@@H](CCC(=O)OCc1ccccc1)C(=O)OCc1ccccc1)C(=O)OCc1ccccc1. The Kier molecular flexibility index (Phi) is 14.4. The molecule has 0 bridgehead atoms. The Balaban J connectivity index is 1.63. The fourth-order valence-electron chi connectivity index (χ4n) is 3.95. The van der Waals surface area contributed by atoms with Gasteiger partial charge >= 0.3 is 17.9 Å². The average molecular weight is 623 g/mol. The largest absolute Gasteiger partial charge is 0.461 e. The van der Waals surface area contributed by atoms with Crippen LogP contribution in [0.25, 0.3) is 0 Å². The van der Waals surface area contributed by atoms with Gasteiger partial charge in [-0.2, -0.15) is 11.8 Å². The number of thioether (sulfide) groups is 1. The van der Waals surface area contributed by atoms with Crippen molar-refractivity contribution in [1.82, 2.24) is 10.6 Å². The van der Waals surface area contributed by atoms with Crippen LogP contribution in [0.4, 0.5) is 0 Å². The number of aliphatic hydroxyl groups excluding tert-OH is 1. The van der Waals surface area contributed by atoms with E-state index in [1.54, 1.807) is 0 Å². The fourth-order valence-corrected chi connectivity index (χ4v) is 4.85. The molecule has 0 aliphatic heterocycles. The molecule has 0 aliphatic rings. The van der Waals surface area contributed by atoms with E-state index < -0.39 is 36.3 Å². The third kappa shape index (κ3) is 13.7. The molecule has 0 saturated heterocycles.